The van der Waals surface area contributed by atoms with Gasteiger partial charge in [-0.2, -0.15) is 0 Å². The minimum atomic E-state index is -0.167. The lowest BCUT2D eigenvalue weighted by atomic mass is 9.86. The second-order valence-corrected chi connectivity index (χ2v) is 21.1. The Bertz CT molecular complexity index is 3850. The molecule has 0 spiro atoms. The largest absolute Gasteiger partial charge is 0.307 e. The third-order valence-corrected chi connectivity index (χ3v) is 14.4. The summed E-state index contributed by atoms with van der Waals surface area (Å²) in [7, 11) is 0. The van der Waals surface area contributed by atoms with Crippen molar-refractivity contribution in [2.24, 2.45) is 0 Å². The van der Waals surface area contributed by atoms with Gasteiger partial charge in [0.05, 0.1) is 55.7 Å². The van der Waals surface area contributed by atoms with Gasteiger partial charge in [0.1, 0.15) is 5.82 Å². The van der Waals surface area contributed by atoms with Gasteiger partial charge in [-0.05, 0) is 78.1 Å². The smallest absolute Gasteiger partial charge is 0.163 e. The quantitative estimate of drug-likeness (QED) is 0.167. The van der Waals surface area contributed by atoms with Crippen molar-refractivity contribution in [2.45, 2.75) is 64.7 Å². The summed E-state index contributed by atoms with van der Waals surface area (Å²) in [6, 6.07) is 61.7. The molecule has 5 aromatic heterocycles. The molecule has 0 radical (unpaired) electrons. The van der Waals surface area contributed by atoms with Gasteiger partial charge in [0, 0.05) is 55.1 Å². The maximum absolute atomic E-state index is 5.61. The molecule has 7 heteroatoms. The Balaban J connectivity index is 1.26. The second-order valence-electron chi connectivity index (χ2n) is 21.1. The van der Waals surface area contributed by atoms with Crippen LogP contribution in [0.1, 0.15) is 71.0 Å². The Labute approximate surface area is 413 Å². The molecule has 7 nitrogen and oxygen atoms in total. The highest BCUT2D eigenvalue weighted by Crippen LogP contribution is 2.45. The Morgan fingerprint density at radius 1 is 0.423 bits per heavy atom. The fraction of sp³-hybridized carbons (Fsp3) is 0.156. The first kappa shape index (κ1) is 42.7. The SMILES string of the molecule is CC(C)(C)c1ccc2c(c1)c1nc(C(C)(C)C)ccc1n2-c1c(-n2c3ccccc3c3ccccc32)cc(-c2nc(-c3ccccc3)nc(C3C=CC=CC3)n2)cc1-n1c2ccccc2c2ccccc21. The molecule has 0 bridgehead atoms. The molecule has 0 fully saturated rings. The topological polar surface area (TPSA) is 66.3 Å². The van der Waals surface area contributed by atoms with E-state index in [1.54, 1.807) is 0 Å². The summed E-state index contributed by atoms with van der Waals surface area (Å²) in [4.78, 5) is 21.7. The minimum absolute atomic E-state index is 0.00169. The van der Waals surface area contributed by atoms with Gasteiger partial charge < -0.3 is 13.7 Å². The van der Waals surface area contributed by atoms with Crippen molar-refractivity contribution in [3.05, 3.63) is 211 Å². The number of nitrogens with zero attached hydrogens (tertiary/aromatic N) is 7. The molecular formula is C64H53N7. The van der Waals surface area contributed by atoms with Crippen LogP contribution in [0.15, 0.2) is 194 Å². The predicted octanol–water partition coefficient (Wildman–Crippen LogP) is 16.1. The lowest BCUT2D eigenvalue weighted by Crippen LogP contribution is -2.13. The van der Waals surface area contributed by atoms with Gasteiger partial charge in [0.15, 0.2) is 11.6 Å². The van der Waals surface area contributed by atoms with Crippen molar-refractivity contribution in [2.75, 3.05) is 0 Å². The van der Waals surface area contributed by atoms with E-state index in [-0.39, 0.29) is 16.7 Å². The van der Waals surface area contributed by atoms with E-state index >= 15 is 0 Å². The van der Waals surface area contributed by atoms with E-state index < -0.39 is 0 Å². The van der Waals surface area contributed by atoms with Crippen LogP contribution < -0.4 is 0 Å². The van der Waals surface area contributed by atoms with Crippen molar-refractivity contribution in [1.29, 1.82) is 0 Å². The first-order valence-corrected chi connectivity index (χ1v) is 24.8. The summed E-state index contributed by atoms with van der Waals surface area (Å²) >= 11 is 0. The van der Waals surface area contributed by atoms with Crippen molar-refractivity contribution < 1.29 is 0 Å². The number of hydrogen-bond acceptors (Lipinski definition) is 4. The molecule has 0 amide bonds. The molecule has 344 valence electrons. The molecule has 13 rings (SSSR count). The zero-order valence-electron chi connectivity index (χ0n) is 40.9. The lowest BCUT2D eigenvalue weighted by Gasteiger charge is -2.24. The highest BCUT2D eigenvalue weighted by molar-refractivity contribution is 6.13. The zero-order valence-corrected chi connectivity index (χ0v) is 40.9. The van der Waals surface area contributed by atoms with Crippen molar-refractivity contribution in [3.63, 3.8) is 0 Å². The van der Waals surface area contributed by atoms with Gasteiger partial charge >= 0.3 is 0 Å². The number of rotatable bonds is 6. The first-order valence-electron chi connectivity index (χ1n) is 24.8. The van der Waals surface area contributed by atoms with E-state index in [9.17, 15) is 0 Å². The summed E-state index contributed by atoms with van der Waals surface area (Å²) in [5.74, 6) is 2.00. The summed E-state index contributed by atoms with van der Waals surface area (Å²) in [6.45, 7) is 13.6. The van der Waals surface area contributed by atoms with Gasteiger partial charge in [-0.15, -0.1) is 0 Å². The van der Waals surface area contributed by atoms with Crippen LogP contribution in [0.3, 0.4) is 0 Å². The van der Waals surface area contributed by atoms with Crippen LogP contribution in [0.4, 0.5) is 0 Å². The second kappa shape index (κ2) is 16.1. The average molecular weight is 920 g/mol. The van der Waals surface area contributed by atoms with Gasteiger partial charge in [0.2, 0.25) is 0 Å². The molecule has 12 aromatic rings. The molecule has 5 heterocycles. The minimum Gasteiger partial charge on any atom is -0.307 e. The number of benzene rings is 7. The number of fused-ring (bicyclic) bond motifs is 9. The lowest BCUT2D eigenvalue weighted by molar-refractivity contribution is 0.571. The number of pyridine rings is 1. The molecule has 0 N–H and O–H groups in total. The number of hydrogen-bond donors (Lipinski definition) is 0. The van der Waals surface area contributed by atoms with Gasteiger partial charge in [-0.25, -0.2) is 19.9 Å². The Morgan fingerprint density at radius 2 is 0.930 bits per heavy atom. The van der Waals surface area contributed by atoms with Gasteiger partial charge in [-0.3, -0.25) is 0 Å². The summed E-state index contributed by atoms with van der Waals surface area (Å²) in [5.41, 5.74) is 14.4. The normalized spacial score (nSPS) is 14.3. The molecule has 1 aliphatic carbocycles. The summed E-state index contributed by atoms with van der Waals surface area (Å²) < 4.78 is 7.42. The molecular weight excluding hydrogens is 867 g/mol. The molecule has 0 aliphatic heterocycles. The van der Waals surface area contributed by atoms with Gasteiger partial charge in [0.25, 0.3) is 0 Å². The molecule has 71 heavy (non-hydrogen) atoms. The molecule has 1 atom stereocenters. The van der Waals surface area contributed by atoms with E-state index in [0.717, 1.165) is 90.1 Å². The predicted molar refractivity (Wildman–Crippen MR) is 295 cm³/mol. The van der Waals surface area contributed by atoms with Crippen LogP contribution in [0.5, 0.6) is 0 Å². The number of aromatic nitrogens is 7. The van der Waals surface area contributed by atoms with Crippen LogP contribution in [0.2, 0.25) is 0 Å². The highest BCUT2D eigenvalue weighted by Gasteiger charge is 2.29. The van der Waals surface area contributed by atoms with Crippen molar-refractivity contribution >= 4 is 65.5 Å². The molecule has 0 saturated heterocycles. The Morgan fingerprint density at radius 3 is 1.45 bits per heavy atom. The maximum atomic E-state index is 5.61. The fourth-order valence-electron chi connectivity index (χ4n) is 10.8. The average Bonchev–Trinajstić information content (AvgIpc) is 4.03. The molecule has 7 aromatic carbocycles. The molecule has 0 saturated carbocycles. The monoisotopic (exact) mass is 919 g/mol. The standard InChI is InChI=1S/C64H53N7/c1-63(2,3)43-33-34-53-48(39-43)58-54(35-36-57(65-58)64(4,5)6)71(53)59-55(69-49-29-17-13-25-44(49)45-26-14-18-30-50(45)69)37-42(38-56(59)70-51-31-19-15-27-46(51)47-28-16-20-32-52(47)70)62-67-60(40-21-9-7-10-22-40)66-61(68-62)41-23-11-8-12-24-41/h7-23,25-39,41H,24H2,1-6H3. The van der Waals surface area contributed by atoms with Crippen LogP contribution in [-0.4, -0.2) is 33.6 Å². The Hall–Kier alpha value is -8.42. The fourth-order valence-corrected chi connectivity index (χ4v) is 10.8. The molecule has 1 aliphatic rings. The summed E-state index contributed by atoms with van der Waals surface area (Å²) in [6.07, 6.45) is 9.41. The zero-order chi connectivity index (χ0) is 48.2. The van der Waals surface area contributed by atoms with Crippen molar-refractivity contribution in [1.82, 2.24) is 33.6 Å². The van der Waals surface area contributed by atoms with Crippen LogP contribution >= 0.6 is 0 Å². The Kier molecular flexibility index (Phi) is 9.66. The third-order valence-electron chi connectivity index (χ3n) is 14.4. The van der Waals surface area contributed by atoms with Gasteiger partial charge in [-0.1, -0.05) is 175 Å². The highest BCUT2D eigenvalue weighted by atomic mass is 15.1. The number of para-hydroxylation sites is 4. The van der Waals surface area contributed by atoms with E-state index in [4.69, 9.17) is 19.9 Å². The van der Waals surface area contributed by atoms with Crippen LogP contribution in [0.25, 0.3) is 105 Å². The maximum Gasteiger partial charge on any atom is 0.163 e. The summed E-state index contributed by atoms with van der Waals surface area (Å²) in [5, 5.41) is 5.83. The third kappa shape index (κ3) is 6.93. The van der Waals surface area contributed by atoms with E-state index in [1.165, 1.54) is 27.1 Å². The van der Waals surface area contributed by atoms with Crippen LogP contribution in [0, 0.1) is 0 Å². The number of allylic oxidation sites excluding steroid dienone is 4. The first-order chi connectivity index (χ1) is 34.5. The van der Waals surface area contributed by atoms with E-state index in [1.807, 2.05) is 18.2 Å². The van der Waals surface area contributed by atoms with E-state index in [2.05, 4.69) is 231 Å². The van der Waals surface area contributed by atoms with E-state index in [0.29, 0.717) is 11.6 Å². The molecule has 1 unspecified atom stereocenters. The van der Waals surface area contributed by atoms with Crippen molar-refractivity contribution in [3.8, 4) is 39.8 Å². The van der Waals surface area contributed by atoms with Crippen LogP contribution in [-0.2, 0) is 10.8 Å².